The Morgan fingerprint density at radius 1 is 1.33 bits per heavy atom. The Bertz CT molecular complexity index is 712. The van der Waals surface area contributed by atoms with E-state index in [2.05, 4.69) is 10.2 Å². The van der Waals surface area contributed by atoms with Crippen LogP contribution in [0.3, 0.4) is 0 Å². The second kappa shape index (κ2) is 5.57. The molecule has 0 N–H and O–H groups in total. The SMILES string of the molecule is CN(Cc1cnn(-c2ccccc2)n1)[C@@H]1CCS(=O)(=O)C1. The summed E-state index contributed by atoms with van der Waals surface area (Å²) in [5, 5.41) is 8.70. The summed E-state index contributed by atoms with van der Waals surface area (Å²) in [7, 11) is -0.916. The van der Waals surface area contributed by atoms with Gasteiger partial charge in [0.2, 0.25) is 0 Å². The minimum absolute atomic E-state index is 0.0804. The number of hydrogen-bond donors (Lipinski definition) is 0. The molecule has 0 bridgehead atoms. The molecule has 0 amide bonds. The summed E-state index contributed by atoms with van der Waals surface area (Å²) in [5.74, 6) is 0.537. The molecule has 0 aliphatic carbocycles. The predicted octanol–water partition coefficient (Wildman–Crippen LogP) is 0.886. The Kier molecular flexibility index (Phi) is 3.77. The lowest BCUT2D eigenvalue weighted by atomic mass is 10.2. The normalized spacial score (nSPS) is 21.0. The summed E-state index contributed by atoms with van der Waals surface area (Å²) < 4.78 is 23.1. The monoisotopic (exact) mass is 306 g/mol. The molecule has 1 aromatic heterocycles. The Hall–Kier alpha value is -1.73. The number of aromatic nitrogens is 3. The van der Waals surface area contributed by atoms with Crippen LogP contribution in [0, 0.1) is 0 Å². The van der Waals surface area contributed by atoms with Crippen molar-refractivity contribution in [3.05, 3.63) is 42.2 Å². The van der Waals surface area contributed by atoms with Crippen molar-refractivity contribution in [2.75, 3.05) is 18.6 Å². The van der Waals surface area contributed by atoms with Crippen molar-refractivity contribution >= 4 is 9.84 Å². The van der Waals surface area contributed by atoms with Gasteiger partial charge in [0.25, 0.3) is 0 Å². The molecule has 1 aliphatic heterocycles. The maximum atomic E-state index is 11.5. The predicted molar refractivity (Wildman–Crippen MR) is 79.9 cm³/mol. The molecule has 0 spiro atoms. The van der Waals surface area contributed by atoms with Crippen LogP contribution in [-0.2, 0) is 16.4 Å². The second-order valence-electron chi connectivity index (χ2n) is 5.43. The first-order valence-electron chi connectivity index (χ1n) is 6.91. The van der Waals surface area contributed by atoms with E-state index in [-0.39, 0.29) is 11.8 Å². The van der Waals surface area contributed by atoms with Crippen LogP contribution in [0.4, 0.5) is 0 Å². The van der Waals surface area contributed by atoms with Gasteiger partial charge in [-0.2, -0.15) is 15.0 Å². The first kappa shape index (κ1) is 14.2. The lowest BCUT2D eigenvalue weighted by Crippen LogP contribution is -2.32. The molecule has 0 radical (unpaired) electrons. The topological polar surface area (TPSA) is 68.1 Å². The minimum Gasteiger partial charge on any atom is -0.296 e. The van der Waals surface area contributed by atoms with Crippen LogP contribution < -0.4 is 0 Å². The largest absolute Gasteiger partial charge is 0.296 e. The minimum atomic E-state index is -2.85. The Morgan fingerprint density at radius 3 is 2.76 bits per heavy atom. The molecule has 2 heterocycles. The lowest BCUT2D eigenvalue weighted by molar-refractivity contribution is 0.250. The van der Waals surface area contributed by atoms with E-state index in [0.717, 1.165) is 11.4 Å². The van der Waals surface area contributed by atoms with Crippen molar-refractivity contribution in [2.24, 2.45) is 0 Å². The van der Waals surface area contributed by atoms with E-state index in [9.17, 15) is 8.42 Å². The van der Waals surface area contributed by atoms with E-state index < -0.39 is 9.84 Å². The highest BCUT2D eigenvalue weighted by molar-refractivity contribution is 7.91. The summed E-state index contributed by atoms with van der Waals surface area (Å²) in [5.41, 5.74) is 1.75. The summed E-state index contributed by atoms with van der Waals surface area (Å²) in [6.07, 6.45) is 2.43. The van der Waals surface area contributed by atoms with Gasteiger partial charge in [-0.25, -0.2) is 8.42 Å². The molecule has 7 heteroatoms. The maximum Gasteiger partial charge on any atom is 0.151 e. The van der Waals surface area contributed by atoms with Gasteiger partial charge >= 0.3 is 0 Å². The van der Waals surface area contributed by atoms with Gasteiger partial charge in [0.05, 0.1) is 29.1 Å². The molecular weight excluding hydrogens is 288 g/mol. The number of rotatable bonds is 4. The van der Waals surface area contributed by atoms with Gasteiger partial charge in [-0.05, 0) is 25.6 Å². The zero-order valence-corrected chi connectivity index (χ0v) is 12.7. The van der Waals surface area contributed by atoms with E-state index in [1.165, 1.54) is 0 Å². The molecule has 21 heavy (non-hydrogen) atoms. The first-order chi connectivity index (χ1) is 10.0. The molecule has 1 fully saturated rings. The van der Waals surface area contributed by atoms with Crippen LogP contribution in [-0.4, -0.2) is 52.9 Å². The Balaban J connectivity index is 1.68. The first-order valence-corrected chi connectivity index (χ1v) is 8.73. The lowest BCUT2D eigenvalue weighted by Gasteiger charge is -2.21. The molecule has 1 saturated heterocycles. The van der Waals surface area contributed by atoms with Crippen molar-refractivity contribution < 1.29 is 8.42 Å². The van der Waals surface area contributed by atoms with Crippen molar-refractivity contribution in [1.82, 2.24) is 19.9 Å². The van der Waals surface area contributed by atoms with Gasteiger partial charge in [-0.15, -0.1) is 0 Å². The number of para-hydroxylation sites is 1. The van der Waals surface area contributed by atoms with E-state index >= 15 is 0 Å². The average Bonchev–Trinajstić information content (AvgIpc) is 3.06. The highest BCUT2D eigenvalue weighted by atomic mass is 32.2. The molecule has 0 saturated carbocycles. The number of hydrogen-bond acceptors (Lipinski definition) is 5. The number of benzene rings is 1. The van der Waals surface area contributed by atoms with E-state index in [0.29, 0.717) is 18.7 Å². The molecule has 1 aliphatic rings. The van der Waals surface area contributed by atoms with Gasteiger partial charge in [0.1, 0.15) is 0 Å². The summed E-state index contributed by atoms with van der Waals surface area (Å²) in [6, 6.07) is 9.79. The van der Waals surface area contributed by atoms with Crippen LogP contribution >= 0.6 is 0 Å². The summed E-state index contributed by atoms with van der Waals surface area (Å²) >= 11 is 0. The second-order valence-corrected chi connectivity index (χ2v) is 7.66. The molecular formula is C14H18N4O2S. The third-order valence-electron chi connectivity index (χ3n) is 3.77. The van der Waals surface area contributed by atoms with Gasteiger partial charge < -0.3 is 0 Å². The van der Waals surface area contributed by atoms with E-state index in [1.54, 1.807) is 11.0 Å². The van der Waals surface area contributed by atoms with Crippen LogP contribution in [0.25, 0.3) is 5.69 Å². The molecule has 3 rings (SSSR count). The average molecular weight is 306 g/mol. The quantitative estimate of drug-likeness (QED) is 0.839. The molecule has 2 aromatic rings. The van der Waals surface area contributed by atoms with Gasteiger partial charge in [-0.1, -0.05) is 18.2 Å². The molecule has 1 atom stereocenters. The fourth-order valence-electron chi connectivity index (χ4n) is 2.56. The Labute approximate surface area is 124 Å². The highest BCUT2D eigenvalue weighted by Crippen LogP contribution is 2.18. The highest BCUT2D eigenvalue weighted by Gasteiger charge is 2.30. The Morgan fingerprint density at radius 2 is 2.10 bits per heavy atom. The van der Waals surface area contributed by atoms with Gasteiger partial charge in [0, 0.05) is 12.6 Å². The third kappa shape index (κ3) is 3.30. The fraction of sp³-hybridized carbons (Fsp3) is 0.429. The molecule has 6 nitrogen and oxygen atoms in total. The molecule has 1 aromatic carbocycles. The molecule has 112 valence electrons. The number of nitrogens with zero attached hydrogens (tertiary/aromatic N) is 4. The zero-order valence-electron chi connectivity index (χ0n) is 11.9. The third-order valence-corrected chi connectivity index (χ3v) is 5.52. The van der Waals surface area contributed by atoms with Crippen molar-refractivity contribution in [3.63, 3.8) is 0 Å². The maximum absolute atomic E-state index is 11.5. The number of sulfone groups is 1. The van der Waals surface area contributed by atoms with E-state index in [1.807, 2.05) is 42.3 Å². The van der Waals surface area contributed by atoms with Gasteiger partial charge in [-0.3, -0.25) is 4.90 Å². The van der Waals surface area contributed by atoms with Gasteiger partial charge in [0.15, 0.2) is 9.84 Å². The van der Waals surface area contributed by atoms with Crippen LogP contribution in [0.1, 0.15) is 12.1 Å². The van der Waals surface area contributed by atoms with Crippen molar-refractivity contribution in [1.29, 1.82) is 0 Å². The van der Waals surface area contributed by atoms with Crippen molar-refractivity contribution in [2.45, 2.75) is 19.0 Å². The van der Waals surface area contributed by atoms with Crippen molar-refractivity contribution in [3.8, 4) is 5.69 Å². The fourth-order valence-corrected chi connectivity index (χ4v) is 4.37. The smallest absolute Gasteiger partial charge is 0.151 e. The summed E-state index contributed by atoms with van der Waals surface area (Å²) in [4.78, 5) is 3.64. The zero-order chi connectivity index (χ0) is 14.9. The van der Waals surface area contributed by atoms with E-state index in [4.69, 9.17) is 0 Å². The van der Waals surface area contributed by atoms with Crippen LogP contribution in [0.5, 0.6) is 0 Å². The van der Waals surface area contributed by atoms with Crippen LogP contribution in [0.15, 0.2) is 36.5 Å². The standard InChI is InChI=1S/C14H18N4O2S/c1-17(14-7-8-21(19,20)11-14)10-12-9-15-18(16-12)13-5-3-2-4-6-13/h2-6,9,14H,7-8,10-11H2,1H3/t14-/m1/s1. The molecule has 0 unspecified atom stereocenters. The van der Waals surface area contributed by atoms with Crippen LogP contribution in [0.2, 0.25) is 0 Å². The summed E-state index contributed by atoms with van der Waals surface area (Å²) in [6.45, 7) is 0.604.